The van der Waals surface area contributed by atoms with Crippen molar-refractivity contribution in [3.8, 4) is 0 Å². The molecule has 1 aliphatic heterocycles. The Hall–Kier alpha value is -0.740. The van der Waals surface area contributed by atoms with Crippen LogP contribution < -0.4 is 4.31 Å². The quantitative estimate of drug-likeness (QED) is 0.693. The number of halogens is 1. The zero-order valence-corrected chi connectivity index (χ0v) is 9.22. The van der Waals surface area contributed by atoms with Crippen molar-refractivity contribution in [3.63, 3.8) is 0 Å². The number of fused-ring (bicyclic) bond motifs is 1. The van der Waals surface area contributed by atoms with E-state index in [-0.39, 0.29) is 6.04 Å². The molecule has 0 radical (unpaired) electrons. The van der Waals surface area contributed by atoms with E-state index < -0.39 is 9.24 Å². The molecule has 0 amide bonds. The average molecular weight is 232 g/mol. The third-order valence-corrected chi connectivity index (χ3v) is 3.85. The zero-order chi connectivity index (χ0) is 10.3. The smallest absolute Gasteiger partial charge is 0.254 e. The van der Waals surface area contributed by atoms with Gasteiger partial charge >= 0.3 is 9.24 Å². The molecule has 76 valence electrons. The lowest BCUT2D eigenvalue weighted by Crippen LogP contribution is -2.32. The Morgan fingerprint density at radius 3 is 2.71 bits per heavy atom. The SMILES string of the molecule is CC1Cc2ccccc2N1S(=O)(=O)Cl. The van der Waals surface area contributed by atoms with Crippen LogP contribution in [0, 0.1) is 0 Å². The zero-order valence-electron chi connectivity index (χ0n) is 7.64. The lowest BCUT2D eigenvalue weighted by molar-refractivity contribution is 0.598. The largest absolute Gasteiger partial charge is 0.321 e. The molecule has 0 fully saturated rings. The highest BCUT2D eigenvalue weighted by Gasteiger charge is 2.33. The Morgan fingerprint density at radius 1 is 1.43 bits per heavy atom. The monoisotopic (exact) mass is 231 g/mol. The summed E-state index contributed by atoms with van der Waals surface area (Å²) in [7, 11) is 1.70. The summed E-state index contributed by atoms with van der Waals surface area (Å²) < 4.78 is 23.9. The molecule has 1 aromatic rings. The van der Waals surface area contributed by atoms with Crippen LogP contribution in [0.5, 0.6) is 0 Å². The highest BCUT2D eigenvalue weighted by molar-refractivity contribution is 8.14. The second kappa shape index (κ2) is 3.14. The van der Waals surface area contributed by atoms with Gasteiger partial charge < -0.3 is 0 Å². The minimum Gasteiger partial charge on any atom is -0.254 e. The number of para-hydroxylation sites is 1. The summed E-state index contributed by atoms with van der Waals surface area (Å²) in [5.74, 6) is 0. The van der Waals surface area contributed by atoms with E-state index in [4.69, 9.17) is 10.7 Å². The predicted octanol–water partition coefficient (Wildman–Crippen LogP) is 1.92. The maximum absolute atomic E-state index is 11.3. The topological polar surface area (TPSA) is 37.4 Å². The molecule has 5 heteroatoms. The van der Waals surface area contributed by atoms with Crippen molar-refractivity contribution in [2.24, 2.45) is 0 Å². The molecule has 0 bridgehead atoms. The molecular formula is C9H10ClNO2S. The van der Waals surface area contributed by atoms with Crippen molar-refractivity contribution in [2.75, 3.05) is 4.31 Å². The second-order valence-electron chi connectivity index (χ2n) is 3.42. The van der Waals surface area contributed by atoms with Crippen molar-refractivity contribution in [2.45, 2.75) is 19.4 Å². The number of hydrogen-bond donors (Lipinski definition) is 0. The Kier molecular flexibility index (Phi) is 2.20. The first-order chi connectivity index (χ1) is 6.50. The first-order valence-electron chi connectivity index (χ1n) is 4.32. The summed E-state index contributed by atoms with van der Waals surface area (Å²) in [6.45, 7) is 1.85. The predicted molar refractivity (Wildman–Crippen MR) is 56.9 cm³/mol. The van der Waals surface area contributed by atoms with E-state index in [1.54, 1.807) is 6.07 Å². The minimum absolute atomic E-state index is 0.0881. The van der Waals surface area contributed by atoms with Crippen LogP contribution >= 0.6 is 10.7 Å². The van der Waals surface area contributed by atoms with Gasteiger partial charge in [-0.2, -0.15) is 8.42 Å². The molecule has 0 saturated carbocycles. The summed E-state index contributed by atoms with van der Waals surface area (Å²) in [6, 6.07) is 7.32. The van der Waals surface area contributed by atoms with Crippen molar-refractivity contribution in [3.05, 3.63) is 29.8 Å². The Bertz CT molecular complexity index is 458. The third-order valence-electron chi connectivity index (χ3n) is 2.38. The molecular weight excluding hydrogens is 222 g/mol. The standard InChI is InChI=1S/C9H10ClNO2S/c1-7-6-8-4-2-3-5-9(8)11(7)14(10,12)13/h2-5,7H,6H2,1H3. The number of nitrogens with zero attached hydrogens (tertiary/aromatic N) is 1. The van der Waals surface area contributed by atoms with Crippen LogP contribution in [-0.2, 0) is 15.7 Å². The van der Waals surface area contributed by atoms with Crippen LogP contribution in [-0.4, -0.2) is 14.5 Å². The lowest BCUT2D eigenvalue weighted by Gasteiger charge is -2.19. The first kappa shape index (κ1) is 9.80. The van der Waals surface area contributed by atoms with Crippen molar-refractivity contribution in [1.82, 2.24) is 0 Å². The maximum atomic E-state index is 11.3. The van der Waals surface area contributed by atoms with Crippen LogP contribution in [0.4, 0.5) is 5.69 Å². The molecule has 1 atom stereocenters. The van der Waals surface area contributed by atoms with Gasteiger partial charge in [0.15, 0.2) is 0 Å². The van der Waals surface area contributed by atoms with Gasteiger partial charge in [0.05, 0.1) is 5.69 Å². The molecule has 0 saturated heterocycles. The minimum atomic E-state index is -3.66. The molecule has 1 heterocycles. The van der Waals surface area contributed by atoms with Gasteiger partial charge in [-0.3, -0.25) is 4.31 Å². The van der Waals surface area contributed by atoms with E-state index >= 15 is 0 Å². The van der Waals surface area contributed by atoms with Crippen LogP contribution in [0.25, 0.3) is 0 Å². The van der Waals surface area contributed by atoms with Crippen LogP contribution in [0.1, 0.15) is 12.5 Å². The van der Waals surface area contributed by atoms with E-state index in [0.29, 0.717) is 5.69 Å². The lowest BCUT2D eigenvalue weighted by atomic mass is 10.1. The molecule has 2 rings (SSSR count). The average Bonchev–Trinajstić information content (AvgIpc) is 2.38. The second-order valence-corrected chi connectivity index (χ2v) is 5.81. The molecule has 0 aliphatic carbocycles. The van der Waals surface area contributed by atoms with Crippen molar-refractivity contribution < 1.29 is 8.42 Å². The van der Waals surface area contributed by atoms with E-state index in [1.807, 2.05) is 25.1 Å². The van der Waals surface area contributed by atoms with E-state index in [9.17, 15) is 8.42 Å². The van der Waals surface area contributed by atoms with Gasteiger partial charge in [0.1, 0.15) is 0 Å². The van der Waals surface area contributed by atoms with Crippen LogP contribution in [0.2, 0.25) is 0 Å². The van der Waals surface area contributed by atoms with Gasteiger partial charge in [-0.15, -0.1) is 0 Å². The Balaban J connectivity index is 2.56. The van der Waals surface area contributed by atoms with E-state index in [0.717, 1.165) is 12.0 Å². The molecule has 14 heavy (non-hydrogen) atoms. The maximum Gasteiger partial charge on any atom is 0.321 e. The Morgan fingerprint density at radius 2 is 2.07 bits per heavy atom. The fourth-order valence-corrected chi connectivity index (χ4v) is 3.42. The summed E-state index contributed by atoms with van der Waals surface area (Å²) >= 11 is 0. The first-order valence-corrected chi connectivity index (χ1v) is 6.58. The molecule has 0 N–H and O–H groups in total. The fraction of sp³-hybridized carbons (Fsp3) is 0.333. The van der Waals surface area contributed by atoms with Gasteiger partial charge in [0.2, 0.25) is 0 Å². The van der Waals surface area contributed by atoms with Gasteiger partial charge in [-0.1, -0.05) is 18.2 Å². The van der Waals surface area contributed by atoms with Crippen LogP contribution in [0.3, 0.4) is 0 Å². The molecule has 0 spiro atoms. The van der Waals surface area contributed by atoms with Crippen molar-refractivity contribution in [1.29, 1.82) is 0 Å². The van der Waals surface area contributed by atoms with Gasteiger partial charge in [0, 0.05) is 16.7 Å². The summed E-state index contributed by atoms with van der Waals surface area (Å²) in [5.41, 5.74) is 1.74. The van der Waals surface area contributed by atoms with Crippen LogP contribution in [0.15, 0.2) is 24.3 Å². The third kappa shape index (κ3) is 1.48. The van der Waals surface area contributed by atoms with Gasteiger partial charge in [-0.05, 0) is 25.0 Å². The summed E-state index contributed by atoms with van der Waals surface area (Å²) in [6.07, 6.45) is 0.724. The van der Waals surface area contributed by atoms with Gasteiger partial charge in [-0.25, -0.2) is 0 Å². The molecule has 1 unspecified atom stereocenters. The van der Waals surface area contributed by atoms with Crippen molar-refractivity contribution >= 4 is 25.6 Å². The van der Waals surface area contributed by atoms with Gasteiger partial charge in [0.25, 0.3) is 0 Å². The number of benzene rings is 1. The fourth-order valence-electron chi connectivity index (χ4n) is 1.87. The van der Waals surface area contributed by atoms with E-state index in [1.165, 1.54) is 4.31 Å². The summed E-state index contributed by atoms with van der Waals surface area (Å²) in [4.78, 5) is 0. The molecule has 3 nitrogen and oxygen atoms in total. The molecule has 1 aromatic carbocycles. The normalized spacial score (nSPS) is 21.0. The summed E-state index contributed by atoms with van der Waals surface area (Å²) in [5, 5.41) is 0. The number of rotatable bonds is 1. The highest BCUT2D eigenvalue weighted by Crippen LogP contribution is 2.34. The van der Waals surface area contributed by atoms with E-state index in [2.05, 4.69) is 0 Å². The highest BCUT2D eigenvalue weighted by atomic mass is 35.7. The molecule has 0 aromatic heterocycles. The molecule has 1 aliphatic rings. The number of hydrogen-bond acceptors (Lipinski definition) is 2. The Labute approximate surface area is 87.8 Å². The number of anilines is 1.